The number of hydrogen-bond acceptors (Lipinski definition) is 4. The third-order valence-corrected chi connectivity index (χ3v) is 5.82. The Morgan fingerprint density at radius 2 is 1.95 bits per heavy atom. The third kappa shape index (κ3) is 3.94. The molecule has 8 heteroatoms. The van der Waals surface area contributed by atoms with Gasteiger partial charge < -0.3 is 10.8 Å². The van der Waals surface area contributed by atoms with Crippen LogP contribution in [0.25, 0.3) is 0 Å². The Kier molecular flexibility index (Phi) is 4.92. The molecule has 0 unspecified atom stereocenters. The van der Waals surface area contributed by atoms with Gasteiger partial charge in [-0.25, -0.2) is 17.5 Å². The van der Waals surface area contributed by atoms with Crippen molar-refractivity contribution >= 4 is 31.6 Å². The Balaban J connectivity index is 2.17. The number of anilines is 1. The molecule has 5 nitrogen and oxygen atoms in total. The minimum Gasteiger partial charge on any atom is -0.398 e. The highest BCUT2D eigenvalue weighted by molar-refractivity contribution is 9.10. The molecule has 0 atom stereocenters. The number of hydrogen-bond donors (Lipinski definition) is 3. The number of nitrogens with one attached hydrogen (secondary N) is 1. The third-order valence-electron chi connectivity index (χ3n) is 3.72. The van der Waals surface area contributed by atoms with Gasteiger partial charge in [0.25, 0.3) is 0 Å². The van der Waals surface area contributed by atoms with Gasteiger partial charge in [-0.3, -0.25) is 0 Å². The van der Waals surface area contributed by atoms with Crippen molar-refractivity contribution in [2.75, 3.05) is 12.3 Å². The van der Waals surface area contributed by atoms with E-state index in [2.05, 4.69) is 20.7 Å². The van der Waals surface area contributed by atoms with Gasteiger partial charge in [-0.2, -0.15) is 0 Å². The van der Waals surface area contributed by atoms with Crippen molar-refractivity contribution in [3.05, 3.63) is 22.4 Å². The molecule has 2 rings (SSSR count). The van der Waals surface area contributed by atoms with Gasteiger partial charge in [0.2, 0.25) is 10.0 Å². The minimum atomic E-state index is -4.05. The van der Waals surface area contributed by atoms with Crippen LogP contribution in [0.5, 0.6) is 0 Å². The van der Waals surface area contributed by atoms with Crippen LogP contribution in [-0.2, 0) is 10.0 Å². The fourth-order valence-corrected chi connectivity index (χ4v) is 3.97. The van der Waals surface area contributed by atoms with Gasteiger partial charge in [0.05, 0.1) is 5.60 Å². The maximum atomic E-state index is 13.8. The minimum absolute atomic E-state index is 0.120. The number of nitrogen functional groups attached to an aromatic ring is 1. The molecule has 0 aliphatic heterocycles. The Bertz CT molecular complexity index is 631. The van der Waals surface area contributed by atoms with Crippen molar-refractivity contribution < 1.29 is 17.9 Å². The summed E-state index contributed by atoms with van der Waals surface area (Å²) in [6.45, 7) is -0.120. The number of benzene rings is 1. The molecule has 1 saturated carbocycles. The first-order valence-electron chi connectivity index (χ1n) is 6.70. The lowest BCUT2D eigenvalue weighted by Gasteiger charge is -2.32. The summed E-state index contributed by atoms with van der Waals surface area (Å²) in [7, 11) is -4.05. The Morgan fingerprint density at radius 1 is 1.33 bits per heavy atom. The fraction of sp³-hybridized carbons (Fsp3) is 0.538. The molecule has 1 aliphatic rings. The van der Waals surface area contributed by atoms with Crippen LogP contribution in [0.3, 0.4) is 0 Å². The molecule has 1 aromatic rings. The van der Waals surface area contributed by atoms with Crippen LogP contribution in [0.2, 0.25) is 0 Å². The van der Waals surface area contributed by atoms with Crippen LogP contribution in [0.1, 0.15) is 32.1 Å². The van der Waals surface area contributed by atoms with E-state index in [0.717, 1.165) is 31.4 Å². The quantitative estimate of drug-likeness (QED) is 0.697. The summed E-state index contributed by atoms with van der Waals surface area (Å²) in [4.78, 5) is -0.511. The molecule has 1 aliphatic carbocycles. The Hall–Kier alpha value is -0.700. The van der Waals surface area contributed by atoms with Crippen LogP contribution in [0.4, 0.5) is 10.1 Å². The molecule has 0 amide bonds. The van der Waals surface area contributed by atoms with Gasteiger partial charge in [-0.05, 0) is 40.9 Å². The second-order valence-electron chi connectivity index (χ2n) is 5.41. The van der Waals surface area contributed by atoms with E-state index in [-0.39, 0.29) is 12.2 Å². The lowest BCUT2D eigenvalue weighted by molar-refractivity contribution is 0.00944. The normalized spacial score (nSPS) is 18.6. The first kappa shape index (κ1) is 16.7. The number of rotatable bonds is 4. The predicted molar refractivity (Wildman–Crippen MR) is 81.7 cm³/mol. The van der Waals surface area contributed by atoms with Crippen LogP contribution in [0.15, 0.2) is 21.5 Å². The zero-order valence-electron chi connectivity index (χ0n) is 11.4. The van der Waals surface area contributed by atoms with E-state index in [9.17, 15) is 17.9 Å². The summed E-state index contributed by atoms with van der Waals surface area (Å²) in [5.74, 6) is -0.890. The van der Waals surface area contributed by atoms with E-state index < -0.39 is 26.3 Å². The topological polar surface area (TPSA) is 92.4 Å². The monoisotopic (exact) mass is 380 g/mol. The molecule has 118 valence electrons. The van der Waals surface area contributed by atoms with Crippen molar-refractivity contribution in [3.63, 3.8) is 0 Å². The van der Waals surface area contributed by atoms with Crippen LogP contribution in [-0.4, -0.2) is 25.7 Å². The van der Waals surface area contributed by atoms with Crippen molar-refractivity contribution in [3.8, 4) is 0 Å². The van der Waals surface area contributed by atoms with Gasteiger partial charge in [-0.1, -0.05) is 19.3 Å². The predicted octanol–water partition coefficient (Wildman–Crippen LogP) is 2.14. The SMILES string of the molecule is Nc1cc(S(=O)(=O)NCC2(O)CCCCC2)c(F)cc1Br. The first-order valence-corrected chi connectivity index (χ1v) is 8.98. The molecule has 0 bridgehead atoms. The molecule has 1 fully saturated rings. The van der Waals surface area contributed by atoms with E-state index in [1.165, 1.54) is 0 Å². The average molecular weight is 381 g/mol. The molecule has 21 heavy (non-hydrogen) atoms. The summed E-state index contributed by atoms with van der Waals surface area (Å²) >= 11 is 3.04. The number of nitrogens with two attached hydrogens (primary N) is 1. The van der Waals surface area contributed by atoms with Crippen molar-refractivity contribution in [2.24, 2.45) is 0 Å². The van der Waals surface area contributed by atoms with E-state index in [1.54, 1.807) is 0 Å². The van der Waals surface area contributed by atoms with E-state index in [1.807, 2.05) is 0 Å². The van der Waals surface area contributed by atoms with Gasteiger partial charge >= 0.3 is 0 Å². The zero-order chi connectivity index (χ0) is 15.7. The van der Waals surface area contributed by atoms with Crippen molar-refractivity contribution in [1.82, 2.24) is 4.72 Å². The van der Waals surface area contributed by atoms with Crippen LogP contribution < -0.4 is 10.5 Å². The number of halogens is 2. The molecule has 0 spiro atoms. The van der Waals surface area contributed by atoms with Gasteiger partial charge in [-0.15, -0.1) is 0 Å². The highest BCUT2D eigenvalue weighted by atomic mass is 79.9. The van der Waals surface area contributed by atoms with E-state index in [0.29, 0.717) is 17.3 Å². The molecule has 0 radical (unpaired) electrons. The lowest BCUT2D eigenvalue weighted by Crippen LogP contribution is -2.44. The molecule has 1 aromatic carbocycles. The summed E-state index contributed by atoms with van der Waals surface area (Å²) in [5.41, 5.74) is 4.68. The van der Waals surface area contributed by atoms with Crippen LogP contribution >= 0.6 is 15.9 Å². The number of aliphatic hydroxyl groups is 1. The molecular formula is C13H18BrFN2O3S. The Labute approximate surface area is 131 Å². The molecule has 0 heterocycles. The summed E-state index contributed by atoms with van der Waals surface area (Å²) in [6, 6.07) is 2.08. The largest absolute Gasteiger partial charge is 0.398 e. The van der Waals surface area contributed by atoms with Crippen LogP contribution in [0, 0.1) is 5.82 Å². The van der Waals surface area contributed by atoms with Gasteiger partial charge in [0.1, 0.15) is 10.7 Å². The Morgan fingerprint density at radius 3 is 2.57 bits per heavy atom. The fourth-order valence-electron chi connectivity index (χ4n) is 2.44. The molecule has 0 aromatic heterocycles. The summed E-state index contributed by atoms with van der Waals surface area (Å²) in [6.07, 6.45) is 3.84. The number of sulfonamides is 1. The van der Waals surface area contributed by atoms with Gasteiger partial charge in [0.15, 0.2) is 0 Å². The second-order valence-corrected chi connectivity index (χ2v) is 8.00. The van der Waals surface area contributed by atoms with Crippen molar-refractivity contribution in [1.29, 1.82) is 0 Å². The summed E-state index contributed by atoms with van der Waals surface area (Å²) in [5, 5.41) is 10.3. The first-order chi connectivity index (χ1) is 9.73. The molecule has 4 N–H and O–H groups in total. The van der Waals surface area contributed by atoms with E-state index >= 15 is 0 Å². The lowest BCUT2D eigenvalue weighted by atomic mass is 9.85. The molecule has 0 saturated heterocycles. The highest BCUT2D eigenvalue weighted by Gasteiger charge is 2.31. The zero-order valence-corrected chi connectivity index (χ0v) is 13.8. The molecular weight excluding hydrogens is 363 g/mol. The maximum Gasteiger partial charge on any atom is 0.243 e. The standard InChI is InChI=1S/C13H18BrFN2O3S/c14-9-6-10(15)12(7-11(9)16)21(19,20)17-8-13(18)4-2-1-3-5-13/h6-7,17-18H,1-5,8,16H2. The highest BCUT2D eigenvalue weighted by Crippen LogP contribution is 2.29. The van der Waals surface area contributed by atoms with Gasteiger partial charge in [0, 0.05) is 16.7 Å². The smallest absolute Gasteiger partial charge is 0.243 e. The second kappa shape index (κ2) is 6.20. The summed E-state index contributed by atoms with van der Waals surface area (Å²) < 4.78 is 40.7. The maximum absolute atomic E-state index is 13.8. The van der Waals surface area contributed by atoms with E-state index in [4.69, 9.17) is 5.73 Å². The van der Waals surface area contributed by atoms with Crippen molar-refractivity contribution in [2.45, 2.75) is 42.6 Å². The average Bonchev–Trinajstić information content (AvgIpc) is 2.42.